The molecule has 0 heterocycles. The number of rotatable bonds is 6. The van der Waals surface area contributed by atoms with E-state index in [0.717, 1.165) is 5.56 Å². The lowest BCUT2D eigenvalue weighted by Gasteiger charge is -2.05. The van der Waals surface area contributed by atoms with E-state index in [4.69, 9.17) is 28.3 Å². The largest absolute Gasteiger partial charge is 0.395 e. The van der Waals surface area contributed by atoms with Crippen LogP contribution in [0.2, 0.25) is 10.0 Å². The third-order valence-corrected chi connectivity index (χ3v) is 3.51. The van der Waals surface area contributed by atoms with Crippen molar-refractivity contribution in [2.75, 3.05) is 18.9 Å². The smallest absolute Gasteiger partial charge is 0.230 e. The first-order valence-corrected chi connectivity index (χ1v) is 6.93. The van der Waals surface area contributed by atoms with Gasteiger partial charge < -0.3 is 10.4 Å². The van der Waals surface area contributed by atoms with Crippen LogP contribution in [0.15, 0.2) is 18.2 Å². The summed E-state index contributed by atoms with van der Waals surface area (Å²) in [5.74, 6) is 0.913. The molecular formula is C11H13Cl2NO2S. The minimum Gasteiger partial charge on any atom is -0.395 e. The van der Waals surface area contributed by atoms with Crippen molar-refractivity contribution in [3.63, 3.8) is 0 Å². The van der Waals surface area contributed by atoms with Gasteiger partial charge in [0, 0.05) is 22.3 Å². The number of carbonyl (C=O) groups is 1. The number of aliphatic hydroxyl groups is 1. The Bertz CT molecular complexity index is 388. The lowest BCUT2D eigenvalue weighted by atomic mass is 10.2. The van der Waals surface area contributed by atoms with Crippen LogP contribution in [-0.2, 0) is 10.5 Å². The number of hydrogen-bond acceptors (Lipinski definition) is 3. The first-order chi connectivity index (χ1) is 8.13. The number of benzene rings is 1. The van der Waals surface area contributed by atoms with Crippen molar-refractivity contribution in [1.82, 2.24) is 5.32 Å². The third-order valence-electron chi connectivity index (χ3n) is 1.94. The van der Waals surface area contributed by atoms with Gasteiger partial charge in [-0.25, -0.2) is 0 Å². The first-order valence-electron chi connectivity index (χ1n) is 5.02. The number of amides is 1. The number of aliphatic hydroxyl groups excluding tert-OH is 1. The SMILES string of the molecule is O=C(CSCc1ccc(Cl)cc1Cl)NCCO. The molecule has 3 nitrogen and oxygen atoms in total. The van der Waals surface area contributed by atoms with Gasteiger partial charge in [-0.15, -0.1) is 11.8 Å². The van der Waals surface area contributed by atoms with Crippen LogP contribution < -0.4 is 5.32 Å². The molecule has 0 aliphatic carbocycles. The molecule has 0 fully saturated rings. The van der Waals surface area contributed by atoms with Crippen LogP contribution in [0.1, 0.15) is 5.56 Å². The lowest BCUT2D eigenvalue weighted by molar-refractivity contribution is -0.118. The van der Waals surface area contributed by atoms with Gasteiger partial charge in [-0.1, -0.05) is 29.3 Å². The van der Waals surface area contributed by atoms with Crippen LogP contribution in [0.3, 0.4) is 0 Å². The Morgan fingerprint density at radius 3 is 2.82 bits per heavy atom. The zero-order valence-electron chi connectivity index (χ0n) is 9.08. The molecule has 0 atom stereocenters. The Labute approximate surface area is 114 Å². The Morgan fingerprint density at radius 2 is 2.18 bits per heavy atom. The second-order valence-corrected chi connectivity index (χ2v) is 5.13. The fourth-order valence-electron chi connectivity index (χ4n) is 1.14. The van der Waals surface area contributed by atoms with Gasteiger partial charge in [0.25, 0.3) is 0 Å². The molecule has 0 saturated carbocycles. The molecule has 17 heavy (non-hydrogen) atoms. The highest BCUT2D eigenvalue weighted by molar-refractivity contribution is 7.99. The van der Waals surface area contributed by atoms with E-state index >= 15 is 0 Å². The van der Waals surface area contributed by atoms with Crippen molar-refractivity contribution in [3.8, 4) is 0 Å². The number of thioether (sulfide) groups is 1. The van der Waals surface area contributed by atoms with E-state index < -0.39 is 0 Å². The van der Waals surface area contributed by atoms with Gasteiger partial charge in [0.05, 0.1) is 12.4 Å². The van der Waals surface area contributed by atoms with E-state index in [1.807, 2.05) is 6.07 Å². The van der Waals surface area contributed by atoms with Crippen molar-refractivity contribution in [2.24, 2.45) is 0 Å². The molecule has 0 aliphatic heterocycles. The van der Waals surface area contributed by atoms with Crippen LogP contribution in [0, 0.1) is 0 Å². The third kappa shape index (κ3) is 5.64. The van der Waals surface area contributed by atoms with E-state index in [1.165, 1.54) is 11.8 Å². The molecule has 2 N–H and O–H groups in total. The topological polar surface area (TPSA) is 49.3 Å². The van der Waals surface area contributed by atoms with Crippen LogP contribution in [0.5, 0.6) is 0 Å². The molecule has 0 bridgehead atoms. The standard InChI is InChI=1S/C11H13Cl2NO2S/c12-9-2-1-8(10(13)5-9)6-17-7-11(16)14-3-4-15/h1-2,5,15H,3-4,6-7H2,(H,14,16). The molecule has 0 aliphatic rings. The number of halogens is 2. The predicted molar refractivity (Wildman–Crippen MR) is 72.7 cm³/mol. The molecule has 0 saturated heterocycles. The summed E-state index contributed by atoms with van der Waals surface area (Å²) in [6.45, 7) is 0.251. The first kappa shape index (κ1) is 14.6. The molecule has 1 rings (SSSR count). The molecular weight excluding hydrogens is 281 g/mol. The molecule has 1 aromatic carbocycles. The van der Waals surface area contributed by atoms with Crippen molar-refractivity contribution in [1.29, 1.82) is 0 Å². The molecule has 0 unspecified atom stereocenters. The molecule has 0 spiro atoms. The maximum atomic E-state index is 11.2. The van der Waals surface area contributed by atoms with Crippen molar-refractivity contribution < 1.29 is 9.90 Å². The van der Waals surface area contributed by atoms with Gasteiger partial charge in [-0.05, 0) is 17.7 Å². The van der Waals surface area contributed by atoms with Gasteiger partial charge >= 0.3 is 0 Å². The summed E-state index contributed by atoms with van der Waals surface area (Å²) in [7, 11) is 0. The second-order valence-electron chi connectivity index (χ2n) is 3.30. The lowest BCUT2D eigenvalue weighted by Crippen LogP contribution is -2.27. The van der Waals surface area contributed by atoms with Crippen LogP contribution in [-0.4, -0.2) is 29.9 Å². The van der Waals surface area contributed by atoms with Crippen molar-refractivity contribution >= 4 is 40.9 Å². The second kappa shape index (κ2) is 7.82. The molecule has 6 heteroatoms. The van der Waals surface area contributed by atoms with Crippen molar-refractivity contribution in [3.05, 3.63) is 33.8 Å². The van der Waals surface area contributed by atoms with Crippen LogP contribution in [0.4, 0.5) is 0 Å². The maximum Gasteiger partial charge on any atom is 0.230 e. The summed E-state index contributed by atoms with van der Waals surface area (Å²) >= 11 is 13.2. The highest BCUT2D eigenvalue weighted by atomic mass is 35.5. The van der Waals surface area contributed by atoms with E-state index in [0.29, 0.717) is 28.1 Å². The summed E-state index contributed by atoms with van der Waals surface area (Å²) in [5, 5.41) is 12.3. The minimum atomic E-state index is -0.0888. The molecule has 1 amide bonds. The fraction of sp³-hybridized carbons (Fsp3) is 0.364. The van der Waals surface area contributed by atoms with E-state index in [-0.39, 0.29) is 12.5 Å². The highest BCUT2D eigenvalue weighted by Gasteiger charge is 2.04. The summed E-state index contributed by atoms with van der Waals surface area (Å²) in [4.78, 5) is 11.2. The van der Waals surface area contributed by atoms with E-state index in [1.54, 1.807) is 12.1 Å². The monoisotopic (exact) mass is 293 g/mol. The Kier molecular flexibility index (Phi) is 6.73. The number of hydrogen-bond donors (Lipinski definition) is 2. The number of carbonyl (C=O) groups excluding carboxylic acids is 1. The number of nitrogens with one attached hydrogen (secondary N) is 1. The van der Waals surface area contributed by atoms with Crippen LogP contribution in [0.25, 0.3) is 0 Å². The quantitative estimate of drug-likeness (QED) is 0.846. The molecule has 0 radical (unpaired) electrons. The van der Waals surface area contributed by atoms with Gasteiger partial charge in [0.1, 0.15) is 0 Å². The summed E-state index contributed by atoms with van der Waals surface area (Å²) < 4.78 is 0. The zero-order chi connectivity index (χ0) is 12.7. The Balaban J connectivity index is 2.33. The van der Waals surface area contributed by atoms with Crippen molar-refractivity contribution in [2.45, 2.75) is 5.75 Å². The van der Waals surface area contributed by atoms with Gasteiger partial charge in [0.2, 0.25) is 5.91 Å². The van der Waals surface area contributed by atoms with Gasteiger partial charge in [-0.2, -0.15) is 0 Å². The normalized spacial score (nSPS) is 10.3. The summed E-state index contributed by atoms with van der Waals surface area (Å²) in [6, 6.07) is 5.31. The molecule has 94 valence electrons. The predicted octanol–water partition coefficient (Wildman–Crippen LogP) is 2.34. The van der Waals surface area contributed by atoms with Crippen LogP contribution >= 0.6 is 35.0 Å². The van der Waals surface area contributed by atoms with Gasteiger partial charge in [0.15, 0.2) is 0 Å². The molecule has 0 aromatic heterocycles. The van der Waals surface area contributed by atoms with E-state index in [2.05, 4.69) is 5.32 Å². The highest BCUT2D eigenvalue weighted by Crippen LogP contribution is 2.24. The summed E-state index contributed by atoms with van der Waals surface area (Å²) in [6.07, 6.45) is 0. The molecule has 1 aromatic rings. The summed E-state index contributed by atoms with van der Waals surface area (Å²) in [5.41, 5.74) is 0.955. The Hall–Kier alpha value is -0.420. The average Bonchev–Trinajstić information content (AvgIpc) is 2.29. The fourth-order valence-corrected chi connectivity index (χ4v) is 2.55. The van der Waals surface area contributed by atoms with E-state index in [9.17, 15) is 4.79 Å². The maximum absolute atomic E-state index is 11.2. The average molecular weight is 294 g/mol. The van der Waals surface area contributed by atoms with Gasteiger partial charge in [-0.3, -0.25) is 4.79 Å². The zero-order valence-corrected chi connectivity index (χ0v) is 11.4. The minimum absolute atomic E-state index is 0.0422. The Morgan fingerprint density at radius 1 is 1.41 bits per heavy atom.